The zero-order chi connectivity index (χ0) is 17.4. The third-order valence-corrected chi connectivity index (χ3v) is 3.94. The Bertz CT molecular complexity index is 894. The van der Waals surface area contributed by atoms with Gasteiger partial charge in [0.15, 0.2) is 5.69 Å². The van der Waals surface area contributed by atoms with Gasteiger partial charge in [-0.1, -0.05) is 6.07 Å². The summed E-state index contributed by atoms with van der Waals surface area (Å²) in [6, 6.07) is 7.08. The second-order valence-electron chi connectivity index (χ2n) is 5.37. The molecule has 1 aromatic heterocycles. The summed E-state index contributed by atoms with van der Waals surface area (Å²) in [6.07, 6.45) is 1.49. The van der Waals surface area contributed by atoms with Crippen LogP contribution in [0, 0.1) is 11.3 Å². The van der Waals surface area contributed by atoms with Crippen molar-refractivity contribution in [3.63, 3.8) is 0 Å². The van der Waals surface area contributed by atoms with Gasteiger partial charge in [-0.05, 0) is 12.1 Å². The van der Waals surface area contributed by atoms with Crippen LogP contribution in [0.4, 0.5) is 16.2 Å². The lowest BCUT2D eigenvalue weighted by molar-refractivity contribution is 0.0593. The topological polar surface area (TPSA) is 113 Å². The number of carbonyl (C=O) groups excluding carboxylic acids is 2. The van der Waals surface area contributed by atoms with Gasteiger partial charge in [0.1, 0.15) is 6.07 Å². The SMILES string of the molecule is COC(=O)c1c(N)c(C#N)cn1-c1cccc2c1CN(C)C(=O)N2. The number of amides is 2. The molecule has 122 valence electrons. The molecule has 0 unspecified atom stereocenters. The number of anilines is 2. The van der Waals surface area contributed by atoms with Crippen LogP contribution in [0.2, 0.25) is 0 Å². The second kappa shape index (κ2) is 5.62. The van der Waals surface area contributed by atoms with Crippen LogP contribution in [0.25, 0.3) is 5.69 Å². The minimum absolute atomic E-state index is 0.0650. The van der Waals surface area contributed by atoms with E-state index in [0.717, 1.165) is 5.56 Å². The molecule has 0 saturated carbocycles. The number of aromatic nitrogens is 1. The van der Waals surface area contributed by atoms with E-state index in [1.165, 1.54) is 22.8 Å². The van der Waals surface area contributed by atoms with Gasteiger partial charge in [-0.25, -0.2) is 9.59 Å². The average Bonchev–Trinajstić information content (AvgIpc) is 2.91. The number of nitrogens with zero attached hydrogens (tertiary/aromatic N) is 3. The summed E-state index contributed by atoms with van der Waals surface area (Å²) < 4.78 is 6.32. The van der Waals surface area contributed by atoms with E-state index in [1.54, 1.807) is 25.2 Å². The molecule has 3 N–H and O–H groups in total. The number of urea groups is 1. The van der Waals surface area contributed by atoms with Crippen molar-refractivity contribution in [1.82, 2.24) is 9.47 Å². The lowest BCUT2D eigenvalue weighted by Crippen LogP contribution is -2.36. The van der Waals surface area contributed by atoms with E-state index in [2.05, 4.69) is 5.32 Å². The molecule has 2 heterocycles. The third kappa shape index (κ3) is 2.23. The maximum atomic E-state index is 12.1. The average molecular weight is 325 g/mol. The van der Waals surface area contributed by atoms with E-state index in [-0.39, 0.29) is 23.0 Å². The molecule has 0 spiro atoms. The summed E-state index contributed by atoms with van der Waals surface area (Å²) in [6.45, 7) is 0.359. The Morgan fingerprint density at radius 3 is 2.88 bits per heavy atom. The zero-order valence-electron chi connectivity index (χ0n) is 13.2. The smallest absolute Gasteiger partial charge is 0.357 e. The number of hydrogen-bond donors (Lipinski definition) is 2. The monoisotopic (exact) mass is 325 g/mol. The fourth-order valence-corrected chi connectivity index (χ4v) is 2.71. The van der Waals surface area contributed by atoms with E-state index in [0.29, 0.717) is 17.9 Å². The number of esters is 1. The quantitative estimate of drug-likeness (QED) is 0.816. The van der Waals surface area contributed by atoms with Crippen molar-refractivity contribution < 1.29 is 14.3 Å². The first-order valence-electron chi connectivity index (χ1n) is 7.11. The summed E-state index contributed by atoms with van der Waals surface area (Å²) in [5.74, 6) is -0.639. The number of carbonyl (C=O) groups is 2. The van der Waals surface area contributed by atoms with Crippen LogP contribution < -0.4 is 11.1 Å². The molecule has 2 aromatic rings. The van der Waals surface area contributed by atoms with E-state index < -0.39 is 5.97 Å². The Hall–Kier alpha value is -3.47. The molecule has 0 bridgehead atoms. The molecule has 24 heavy (non-hydrogen) atoms. The summed E-state index contributed by atoms with van der Waals surface area (Å²) in [4.78, 5) is 25.4. The number of nitrogens with two attached hydrogens (primary N) is 1. The van der Waals surface area contributed by atoms with Crippen molar-refractivity contribution in [2.75, 3.05) is 25.2 Å². The van der Waals surface area contributed by atoms with E-state index in [4.69, 9.17) is 10.5 Å². The van der Waals surface area contributed by atoms with Crippen LogP contribution in [-0.4, -0.2) is 35.6 Å². The summed E-state index contributed by atoms with van der Waals surface area (Å²) in [5.41, 5.74) is 8.37. The van der Waals surface area contributed by atoms with Crippen molar-refractivity contribution in [3.8, 4) is 11.8 Å². The van der Waals surface area contributed by atoms with Gasteiger partial charge in [0.25, 0.3) is 0 Å². The molecule has 1 aliphatic heterocycles. The number of rotatable bonds is 2. The van der Waals surface area contributed by atoms with Crippen molar-refractivity contribution >= 4 is 23.4 Å². The number of fused-ring (bicyclic) bond motifs is 1. The number of nitrogens with one attached hydrogen (secondary N) is 1. The second-order valence-corrected chi connectivity index (χ2v) is 5.37. The standard InChI is InChI=1S/C16H15N5O3/c1-20-8-10-11(19-16(20)23)4-3-5-12(10)21-7-9(6-17)13(18)14(21)15(22)24-2/h3-5,7H,8,18H2,1-2H3,(H,19,23). The van der Waals surface area contributed by atoms with Crippen molar-refractivity contribution in [3.05, 3.63) is 41.2 Å². The molecule has 0 aliphatic carbocycles. The Labute approximate surface area is 138 Å². The maximum absolute atomic E-state index is 12.1. The van der Waals surface area contributed by atoms with Crippen LogP contribution in [-0.2, 0) is 11.3 Å². The Balaban J connectivity index is 2.25. The number of nitriles is 1. The number of ether oxygens (including phenoxy) is 1. The van der Waals surface area contributed by atoms with Gasteiger partial charge < -0.3 is 25.3 Å². The van der Waals surface area contributed by atoms with E-state index >= 15 is 0 Å². The van der Waals surface area contributed by atoms with Crippen LogP contribution in [0.15, 0.2) is 24.4 Å². The number of methoxy groups -OCH3 is 1. The molecule has 8 nitrogen and oxygen atoms in total. The van der Waals surface area contributed by atoms with Gasteiger partial charge >= 0.3 is 12.0 Å². The highest BCUT2D eigenvalue weighted by molar-refractivity contribution is 5.97. The highest BCUT2D eigenvalue weighted by atomic mass is 16.5. The van der Waals surface area contributed by atoms with Crippen LogP contribution in [0.5, 0.6) is 0 Å². The Morgan fingerprint density at radius 1 is 1.46 bits per heavy atom. The molecule has 1 aromatic carbocycles. The Morgan fingerprint density at radius 2 is 2.21 bits per heavy atom. The van der Waals surface area contributed by atoms with Crippen LogP contribution in [0.1, 0.15) is 21.6 Å². The Kier molecular flexibility index (Phi) is 3.62. The first-order valence-corrected chi connectivity index (χ1v) is 7.11. The molecule has 2 amide bonds. The van der Waals surface area contributed by atoms with Crippen molar-refractivity contribution in [2.24, 2.45) is 0 Å². The summed E-state index contributed by atoms with van der Waals surface area (Å²) in [7, 11) is 2.92. The maximum Gasteiger partial charge on any atom is 0.357 e. The zero-order valence-corrected chi connectivity index (χ0v) is 13.2. The first-order chi connectivity index (χ1) is 11.5. The van der Waals surface area contributed by atoms with Crippen LogP contribution in [0.3, 0.4) is 0 Å². The number of nitrogen functional groups attached to an aromatic ring is 1. The summed E-state index contributed by atoms with van der Waals surface area (Å²) in [5, 5.41) is 12.0. The van der Waals surface area contributed by atoms with E-state index in [1.807, 2.05) is 6.07 Å². The molecule has 3 rings (SSSR count). The number of hydrogen-bond acceptors (Lipinski definition) is 5. The van der Waals surface area contributed by atoms with Crippen LogP contribution >= 0.6 is 0 Å². The molecule has 1 aliphatic rings. The normalized spacial score (nSPS) is 13.0. The fraction of sp³-hybridized carbons (Fsp3) is 0.188. The molecular formula is C16H15N5O3. The summed E-state index contributed by atoms with van der Waals surface area (Å²) >= 11 is 0. The van der Waals surface area contributed by atoms with Gasteiger partial charge in [0.05, 0.1) is 30.6 Å². The highest BCUT2D eigenvalue weighted by Crippen LogP contribution is 2.32. The molecule has 0 radical (unpaired) electrons. The molecule has 8 heteroatoms. The van der Waals surface area contributed by atoms with Gasteiger partial charge in [-0.15, -0.1) is 0 Å². The molecular weight excluding hydrogens is 310 g/mol. The molecule has 0 saturated heterocycles. The van der Waals surface area contributed by atoms with Crippen molar-refractivity contribution in [2.45, 2.75) is 6.54 Å². The lowest BCUT2D eigenvalue weighted by Gasteiger charge is -2.28. The number of benzene rings is 1. The predicted molar refractivity (Wildman–Crippen MR) is 86.7 cm³/mol. The predicted octanol–water partition coefficient (Wildman–Crippen LogP) is 1.70. The first kappa shape index (κ1) is 15.4. The fourth-order valence-electron chi connectivity index (χ4n) is 2.71. The van der Waals surface area contributed by atoms with Crippen molar-refractivity contribution in [1.29, 1.82) is 5.26 Å². The minimum atomic E-state index is -0.639. The third-order valence-electron chi connectivity index (χ3n) is 3.94. The van der Waals surface area contributed by atoms with Gasteiger partial charge in [0, 0.05) is 24.5 Å². The minimum Gasteiger partial charge on any atom is -0.464 e. The molecule has 0 atom stereocenters. The van der Waals surface area contributed by atoms with Gasteiger partial charge in [-0.2, -0.15) is 5.26 Å². The van der Waals surface area contributed by atoms with Gasteiger partial charge in [0.2, 0.25) is 0 Å². The highest BCUT2D eigenvalue weighted by Gasteiger charge is 2.26. The van der Waals surface area contributed by atoms with Gasteiger partial charge in [-0.3, -0.25) is 0 Å². The lowest BCUT2D eigenvalue weighted by atomic mass is 10.1. The van der Waals surface area contributed by atoms with E-state index in [9.17, 15) is 14.9 Å². The molecule has 0 fully saturated rings. The largest absolute Gasteiger partial charge is 0.464 e.